The predicted molar refractivity (Wildman–Crippen MR) is 141 cm³/mol. The minimum atomic E-state index is -0.979. The molecule has 2 aliphatic rings. The highest BCUT2D eigenvalue weighted by Crippen LogP contribution is 2.35. The Morgan fingerprint density at radius 2 is 1.88 bits per heavy atom. The van der Waals surface area contributed by atoms with Crippen molar-refractivity contribution in [2.75, 3.05) is 11.4 Å². The lowest BCUT2D eigenvalue weighted by atomic mass is 9.81. The number of fused-ring (bicyclic) bond motifs is 1. The molecule has 1 aromatic carbocycles. The van der Waals surface area contributed by atoms with Gasteiger partial charge >= 0.3 is 5.97 Å². The van der Waals surface area contributed by atoms with Crippen molar-refractivity contribution in [2.24, 2.45) is 23.7 Å². The zero-order chi connectivity index (χ0) is 28.8. The maximum Gasteiger partial charge on any atom is 0.307 e. The summed E-state index contributed by atoms with van der Waals surface area (Å²) >= 11 is 0. The summed E-state index contributed by atoms with van der Waals surface area (Å²) in [7, 11) is 0. The van der Waals surface area contributed by atoms with Gasteiger partial charge in [-0.3, -0.25) is 28.9 Å². The number of aliphatic carboxylic acids is 1. The van der Waals surface area contributed by atoms with Crippen LogP contribution in [-0.2, 0) is 36.9 Å². The third-order valence-electron chi connectivity index (χ3n) is 8.11. The van der Waals surface area contributed by atoms with Crippen molar-refractivity contribution in [3.63, 3.8) is 0 Å². The van der Waals surface area contributed by atoms with Crippen LogP contribution in [0.4, 0.5) is 5.69 Å². The van der Waals surface area contributed by atoms with Crippen molar-refractivity contribution in [3.8, 4) is 0 Å². The molecule has 1 saturated carbocycles. The molecule has 1 aliphatic carbocycles. The average molecular weight is 554 g/mol. The van der Waals surface area contributed by atoms with Crippen LogP contribution in [0.15, 0.2) is 24.3 Å². The maximum absolute atomic E-state index is 13.4. The van der Waals surface area contributed by atoms with Crippen molar-refractivity contribution in [3.05, 3.63) is 35.7 Å². The predicted octanol–water partition coefficient (Wildman–Crippen LogP) is 1.01. The van der Waals surface area contributed by atoms with Crippen molar-refractivity contribution in [1.82, 2.24) is 31.3 Å². The third-order valence-corrected chi connectivity index (χ3v) is 8.11. The molecule has 1 aromatic heterocycles. The Bertz CT molecular complexity index is 1250. The second-order valence-electron chi connectivity index (χ2n) is 10.5. The quantitative estimate of drug-likeness (QED) is 0.297. The van der Waals surface area contributed by atoms with E-state index >= 15 is 0 Å². The molecule has 3 amide bonds. The van der Waals surface area contributed by atoms with Crippen LogP contribution in [0.3, 0.4) is 0 Å². The first-order valence-electron chi connectivity index (χ1n) is 13.6. The number of carboxylic acids is 1. The Kier molecular flexibility index (Phi) is 9.22. The molecule has 214 valence electrons. The number of carbonyl (C=O) groups is 5. The standard InChI is InChI=1S/C27H35N7O6/c1-3-15(2)19(12-22(35)17-8-6-9-18(17)27(39)40)25(37)29-14-24(36)34-20-10-5-4-7-16(20)11-21(34)26(38)28-13-23-30-32-33-31-23/h4-5,7,10,15,17-19,21H,3,6,8-9,11-14H2,1-2H3,(H,28,38)(H,29,37)(H,39,40)(H,30,31,32,33)/t15-,17?,18?,19-,21-/m0/s1. The first-order chi connectivity index (χ1) is 19.2. The molecule has 4 rings (SSSR count). The van der Waals surface area contributed by atoms with E-state index in [1.165, 1.54) is 4.90 Å². The molecule has 2 aromatic rings. The molecule has 2 heterocycles. The second-order valence-corrected chi connectivity index (χ2v) is 10.5. The van der Waals surface area contributed by atoms with Crippen LogP contribution in [0.1, 0.15) is 57.3 Å². The van der Waals surface area contributed by atoms with E-state index in [9.17, 15) is 29.1 Å². The number of hydrogen-bond donors (Lipinski definition) is 4. The van der Waals surface area contributed by atoms with Crippen molar-refractivity contribution in [2.45, 2.75) is 65.0 Å². The molecule has 0 saturated heterocycles. The fourth-order valence-corrected chi connectivity index (χ4v) is 5.67. The van der Waals surface area contributed by atoms with Crippen LogP contribution < -0.4 is 15.5 Å². The molecule has 5 atom stereocenters. The highest BCUT2D eigenvalue weighted by atomic mass is 16.4. The number of tetrazole rings is 1. The van der Waals surface area contributed by atoms with Crippen molar-refractivity contribution < 1.29 is 29.1 Å². The normalized spacial score (nSPS) is 21.4. The van der Waals surface area contributed by atoms with Gasteiger partial charge in [0.15, 0.2) is 5.82 Å². The number of carboxylic acid groups (broad SMARTS) is 1. The fourth-order valence-electron chi connectivity index (χ4n) is 5.67. The molecule has 40 heavy (non-hydrogen) atoms. The number of benzene rings is 1. The lowest BCUT2D eigenvalue weighted by molar-refractivity contribution is -0.146. The monoisotopic (exact) mass is 553 g/mol. The highest BCUT2D eigenvalue weighted by molar-refractivity contribution is 6.05. The minimum Gasteiger partial charge on any atom is -0.481 e. The highest BCUT2D eigenvalue weighted by Gasteiger charge is 2.41. The summed E-state index contributed by atoms with van der Waals surface area (Å²) in [5, 5.41) is 28.3. The van der Waals surface area contributed by atoms with Crippen molar-refractivity contribution >= 4 is 35.2 Å². The van der Waals surface area contributed by atoms with Gasteiger partial charge in [-0.25, -0.2) is 0 Å². The summed E-state index contributed by atoms with van der Waals surface area (Å²) in [5.74, 6) is -4.35. The van der Waals surface area contributed by atoms with Gasteiger partial charge in [0, 0.05) is 30.4 Å². The van der Waals surface area contributed by atoms with Crippen molar-refractivity contribution in [1.29, 1.82) is 0 Å². The molecule has 1 aliphatic heterocycles. The number of aromatic amines is 1. The molecule has 0 bridgehead atoms. The van der Waals surface area contributed by atoms with Gasteiger partial charge in [0.25, 0.3) is 0 Å². The van der Waals surface area contributed by atoms with Crippen LogP contribution in [0.25, 0.3) is 0 Å². The molecule has 13 nitrogen and oxygen atoms in total. The third kappa shape index (κ3) is 6.35. The lowest BCUT2D eigenvalue weighted by Crippen LogP contribution is -2.51. The van der Waals surface area contributed by atoms with Gasteiger partial charge in [0.2, 0.25) is 17.7 Å². The van der Waals surface area contributed by atoms with Crippen LogP contribution in [-0.4, -0.2) is 67.8 Å². The number of nitrogens with zero attached hydrogens (tertiary/aromatic N) is 4. The summed E-state index contributed by atoms with van der Waals surface area (Å²) < 4.78 is 0. The molecule has 13 heteroatoms. The zero-order valence-corrected chi connectivity index (χ0v) is 22.6. The number of aromatic nitrogens is 4. The Balaban J connectivity index is 1.42. The largest absolute Gasteiger partial charge is 0.481 e. The summed E-state index contributed by atoms with van der Waals surface area (Å²) in [6.45, 7) is 3.46. The first-order valence-corrected chi connectivity index (χ1v) is 13.6. The Morgan fingerprint density at radius 3 is 2.58 bits per heavy atom. The number of rotatable bonds is 12. The van der Waals surface area contributed by atoms with E-state index < -0.39 is 47.5 Å². The van der Waals surface area contributed by atoms with Crippen LogP contribution in [0, 0.1) is 23.7 Å². The van der Waals surface area contributed by atoms with Gasteiger partial charge < -0.3 is 15.7 Å². The molecule has 0 spiro atoms. The van der Waals surface area contributed by atoms with Crippen LogP contribution >= 0.6 is 0 Å². The van der Waals surface area contributed by atoms with Gasteiger partial charge in [0.05, 0.1) is 19.0 Å². The molecular weight excluding hydrogens is 518 g/mol. The van der Waals surface area contributed by atoms with Gasteiger partial charge in [-0.1, -0.05) is 50.1 Å². The lowest BCUT2D eigenvalue weighted by Gasteiger charge is -2.27. The number of amides is 3. The smallest absolute Gasteiger partial charge is 0.307 e. The van der Waals surface area contributed by atoms with E-state index in [0.29, 0.717) is 43.6 Å². The van der Waals surface area contributed by atoms with E-state index in [1.54, 1.807) is 12.1 Å². The van der Waals surface area contributed by atoms with Crippen LogP contribution in [0.5, 0.6) is 0 Å². The van der Waals surface area contributed by atoms with E-state index in [-0.39, 0.29) is 31.2 Å². The number of H-pyrrole nitrogens is 1. The topological polar surface area (TPSA) is 187 Å². The van der Waals surface area contributed by atoms with E-state index in [0.717, 1.165) is 5.56 Å². The number of carbonyl (C=O) groups excluding carboxylic acids is 4. The Labute approximate surface area is 231 Å². The number of nitrogens with one attached hydrogen (secondary N) is 3. The fraction of sp³-hybridized carbons (Fsp3) is 0.556. The molecular formula is C27H35N7O6. The average Bonchev–Trinajstić information content (AvgIpc) is 3.72. The second kappa shape index (κ2) is 12.8. The first kappa shape index (κ1) is 28.8. The van der Waals surface area contributed by atoms with E-state index in [2.05, 4.69) is 31.3 Å². The van der Waals surface area contributed by atoms with Gasteiger partial charge in [0.1, 0.15) is 11.8 Å². The summed E-state index contributed by atoms with van der Waals surface area (Å²) in [6.07, 6.45) is 2.51. The number of anilines is 1. The molecule has 4 N–H and O–H groups in total. The SMILES string of the molecule is CC[C@H](C)[C@H](CC(=O)C1CCCC1C(=O)O)C(=O)NCC(=O)N1c2ccccc2C[C@H]1C(=O)NCc1nn[nH]n1. The van der Waals surface area contributed by atoms with E-state index in [1.807, 2.05) is 26.0 Å². The number of Topliss-reactive ketones (excluding diaryl/α,β-unsaturated/α-hetero) is 1. The maximum atomic E-state index is 13.4. The summed E-state index contributed by atoms with van der Waals surface area (Å²) in [5.41, 5.74) is 1.42. The van der Waals surface area contributed by atoms with E-state index in [4.69, 9.17) is 0 Å². The molecule has 1 fully saturated rings. The summed E-state index contributed by atoms with van der Waals surface area (Å²) in [4.78, 5) is 65.8. The zero-order valence-electron chi connectivity index (χ0n) is 22.6. The number of para-hydroxylation sites is 1. The summed E-state index contributed by atoms with van der Waals surface area (Å²) in [6, 6.07) is 6.38. The Morgan fingerprint density at radius 1 is 1.12 bits per heavy atom. The van der Waals surface area contributed by atoms with Gasteiger partial charge in [-0.15, -0.1) is 10.2 Å². The number of hydrogen-bond acceptors (Lipinski definition) is 8. The molecule has 2 unspecified atom stereocenters. The minimum absolute atomic E-state index is 0.0370. The van der Waals surface area contributed by atoms with Gasteiger partial charge in [-0.05, 0) is 30.4 Å². The number of ketones is 1. The molecule has 0 radical (unpaired) electrons. The Hall–Kier alpha value is -4.16. The van der Waals surface area contributed by atoms with Crippen LogP contribution in [0.2, 0.25) is 0 Å². The van der Waals surface area contributed by atoms with Gasteiger partial charge in [-0.2, -0.15) is 5.21 Å².